The van der Waals surface area contributed by atoms with Crippen LogP contribution < -0.4 is 5.56 Å². The van der Waals surface area contributed by atoms with Gasteiger partial charge in [-0.25, -0.2) is 18.6 Å². The van der Waals surface area contributed by atoms with Crippen molar-refractivity contribution in [2.45, 2.75) is 50.2 Å². The lowest BCUT2D eigenvalue weighted by molar-refractivity contribution is 0.0531. The SMILES string of the molecule is CCOC(=O)c1sc2nc(SCc3c(F)cccc3F)n(C[C@@H]3CCCO3)c(=O)c2c1C. The molecule has 0 saturated carbocycles. The average Bonchev–Trinajstić information content (AvgIpc) is 3.38. The van der Waals surface area contributed by atoms with Gasteiger partial charge >= 0.3 is 5.97 Å². The van der Waals surface area contributed by atoms with Crippen molar-refractivity contribution in [2.75, 3.05) is 13.2 Å². The van der Waals surface area contributed by atoms with Gasteiger partial charge in [-0.3, -0.25) is 9.36 Å². The molecule has 0 radical (unpaired) electrons. The fourth-order valence-corrected chi connectivity index (χ4v) is 5.80. The van der Waals surface area contributed by atoms with Crippen LogP contribution in [-0.4, -0.2) is 34.8 Å². The average molecular weight is 481 g/mol. The second kappa shape index (κ2) is 9.68. The highest BCUT2D eigenvalue weighted by molar-refractivity contribution is 7.98. The largest absolute Gasteiger partial charge is 0.462 e. The van der Waals surface area contributed by atoms with Gasteiger partial charge in [-0.15, -0.1) is 11.3 Å². The van der Waals surface area contributed by atoms with Gasteiger partial charge in [-0.2, -0.15) is 0 Å². The topological polar surface area (TPSA) is 70.4 Å². The van der Waals surface area contributed by atoms with Crippen LogP contribution in [0.3, 0.4) is 0 Å². The molecule has 10 heteroatoms. The van der Waals surface area contributed by atoms with Crippen LogP contribution in [0.2, 0.25) is 0 Å². The number of benzene rings is 1. The molecule has 0 unspecified atom stereocenters. The predicted octanol–water partition coefficient (Wildman–Crippen LogP) is 4.69. The number of nitrogens with zero attached hydrogens (tertiary/aromatic N) is 2. The number of thiophene rings is 1. The number of rotatable bonds is 7. The van der Waals surface area contributed by atoms with Crippen molar-refractivity contribution in [3.05, 3.63) is 56.2 Å². The van der Waals surface area contributed by atoms with Gasteiger partial charge in [-0.1, -0.05) is 17.8 Å². The van der Waals surface area contributed by atoms with Crippen LogP contribution in [0.25, 0.3) is 10.2 Å². The van der Waals surface area contributed by atoms with E-state index in [1.165, 1.54) is 22.8 Å². The molecule has 32 heavy (non-hydrogen) atoms. The van der Waals surface area contributed by atoms with Crippen LogP contribution >= 0.6 is 23.1 Å². The minimum absolute atomic E-state index is 0.0307. The zero-order valence-electron chi connectivity index (χ0n) is 17.7. The van der Waals surface area contributed by atoms with Crippen molar-refractivity contribution in [1.82, 2.24) is 9.55 Å². The number of carbonyl (C=O) groups is 1. The maximum atomic E-state index is 14.1. The second-order valence-corrected chi connectivity index (χ2v) is 9.33. The maximum absolute atomic E-state index is 14.1. The Morgan fingerprint density at radius 2 is 2.12 bits per heavy atom. The van der Waals surface area contributed by atoms with Crippen LogP contribution in [0.1, 0.15) is 40.6 Å². The fraction of sp³-hybridized carbons (Fsp3) is 0.409. The minimum atomic E-state index is -0.650. The Bertz CT molecular complexity index is 1200. The Morgan fingerprint density at radius 1 is 1.38 bits per heavy atom. The number of hydrogen-bond donors (Lipinski definition) is 0. The van der Waals surface area contributed by atoms with Crippen molar-refractivity contribution in [3.63, 3.8) is 0 Å². The molecule has 0 aliphatic carbocycles. The number of halogens is 2. The number of fused-ring (bicyclic) bond motifs is 1. The van der Waals surface area contributed by atoms with Gasteiger partial charge < -0.3 is 9.47 Å². The third kappa shape index (κ3) is 4.44. The van der Waals surface area contributed by atoms with E-state index in [0.717, 1.165) is 35.9 Å². The van der Waals surface area contributed by atoms with E-state index < -0.39 is 17.6 Å². The Labute approximate surface area is 191 Å². The Balaban J connectivity index is 1.78. The van der Waals surface area contributed by atoms with E-state index in [9.17, 15) is 18.4 Å². The van der Waals surface area contributed by atoms with Crippen molar-refractivity contribution in [3.8, 4) is 0 Å². The molecular formula is C22H22F2N2O4S2. The van der Waals surface area contributed by atoms with Gasteiger partial charge in [0.25, 0.3) is 5.56 Å². The first kappa shape index (κ1) is 22.9. The molecule has 1 fully saturated rings. The predicted molar refractivity (Wildman–Crippen MR) is 119 cm³/mol. The molecule has 3 aromatic rings. The molecule has 0 bridgehead atoms. The van der Waals surface area contributed by atoms with Gasteiger partial charge in [0.05, 0.1) is 24.6 Å². The Morgan fingerprint density at radius 3 is 2.78 bits per heavy atom. The van der Waals surface area contributed by atoms with Gasteiger partial charge in [0, 0.05) is 17.9 Å². The standard InChI is InChI=1S/C22H22F2N2O4S2/c1-3-29-21(28)18-12(2)17-19(32-18)25-22(26(20(17)27)10-13-6-5-9-30-13)31-11-14-15(23)7-4-8-16(14)24/h4,7-8,13H,3,5-6,9-11H2,1-2H3/t13-/m0/s1. The summed E-state index contributed by atoms with van der Waals surface area (Å²) in [6.45, 7) is 4.55. The van der Waals surface area contributed by atoms with E-state index in [-0.39, 0.29) is 36.1 Å². The summed E-state index contributed by atoms with van der Waals surface area (Å²) in [7, 11) is 0. The van der Waals surface area contributed by atoms with Crippen molar-refractivity contribution in [1.29, 1.82) is 0 Å². The summed E-state index contributed by atoms with van der Waals surface area (Å²) in [5, 5.41) is 0.690. The van der Waals surface area contributed by atoms with E-state index in [1.54, 1.807) is 13.8 Å². The van der Waals surface area contributed by atoms with Gasteiger partial charge in [-0.05, 0) is 44.4 Å². The zero-order valence-corrected chi connectivity index (χ0v) is 19.3. The van der Waals surface area contributed by atoms with Crippen LogP contribution in [0.4, 0.5) is 8.78 Å². The maximum Gasteiger partial charge on any atom is 0.348 e. The summed E-state index contributed by atoms with van der Waals surface area (Å²) in [4.78, 5) is 31.1. The van der Waals surface area contributed by atoms with Gasteiger partial charge in [0.15, 0.2) is 5.16 Å². The van der Waals surface area contributed by atoms with Crippen LogP contribution in [0.5, 0.6) is 0 Å². The molecule has 1 aliphatic heterocycles. The van der Waals surface area contributed by atoms with Crippen LogP contribution in [-0.2, 0) is 21.8 Å². The highest BCUT2D eigenvalue weighted by Gasteiger charge is 2.25. The molecule has 1 aromatic carbocycles. The molecule has 1 aliphatic rings. The number of aromatic nitrogens is 2. The summed E-state index contributed by atoms with van der Waals surface area (Å²) >= 11 is 2.17. The molecule has 0 N–H and O–H groups in total. The quantitative estimate of drug-likeness (QED) is 0.278. The molecule has 2 aromatic heterocycles. The first-order valence-electron chi connectivity index (χ1n) is 10.3. The zero-order chi connectivity index (χ0) is 22.8. The van der Waals surface area contributed by atoms with Crippen LogP contribution in [0, 0.1) is 18.6 Å². The van der Waals surface area contributed by atoms with Crippen LogP contribution in [0.15, 0.2) is 28.2 Å². The first-order chi connectivity index (χ1) is 15.4. The summed E-state index contributed by atoms with van der Waals surface area (Å²) in [5.74, 6) is -1.83. The normalized spacial score (nSPS) is 16.1. The number of hydrogen-bond acceptors (Lipinski definition) is 7. The lowest BCUT2D eigenvalue weighted by Crippen LogP contribution is -2.28. The highest BCUT2D eigenvalue weighted by atomic mass is 32.2. The lowest BCUT2D eigenvalue weighted by Gasteiger charge is -2.16. The van der Waals surface area contributed by atoms with E-state index in [2.05, 4.69) is 4.98 Å². The summed E-state index contributed by atoms with van der Waals surface area (Å²) in [5.41, 5.74) is 0.148. The van der Waals surface area contributed by atoms with E-state index in [0.29, 0.717) is 32.4 Å². The van der Waals surface area contributed by atoms with E-state index >= 15 is 0 Å². The summed E-state index contributed by atoms with van der Waals surface area (Å²) in [6, 6.07) is 3.70. The number of aryl methyl sites for hydroxylation is 1. The van der Waals surface area contributed by atoms with Crippen molar-refractivity contribution < 1.29 is 23.0 Å². The second-order valence-electron chi connectivity index (χ2n) is 7.39. The minimum Gasteiger partial charge on any atom is -0.462 e. The molecule has 6 nitrogen and oxygen atoms in total. The Hall–Kier alpha value is -2.30. The first-order valence-corrected chi connectivity index (χ1v) is 12.1. The number of carbonyl (C=O) groups excluding carboxylic acids is 1. The monoisotopic (exact) mass is 480 g/mol. The number of esters is 1. The molecule has 1 saturated heterocycles. The lowest BCUT2D eigenvalue weighted by atomic mass is 10.2. The summed E-state index contributed by atoms with van der Waals surface area (Å²) < 4.78 is 40.5. The number of thioether (sulfide) groups is 1. The van der Waals surface area contributed by atoms with E-state index in [4.69, 9.17) is 9.47 Å². The summed E-state index contributed by atoms with van der Waals surface area (Å²) in [6.07, 6.45) is 1.58. The van der Waals surface area contributed by atoms with Gasteiger partial charge in [0.2, 0.25) is 0 Å². The van der Waals surface area contributed by atoms with Crippen molar-refractivity contribution in [2.24, 2.45) is 0 Å². The molecule has 3 heterocycles. The Kier molecular flexibility index (Phi) is 6.92. The molecule has 0 spiro atoms. The molecular weight excluding hydrogens is 458 g/mol. The molecule has 170 valence electrons. The molecule has 1 atom stereocenters. The van der Waals surface area contributed by atoms with E-state index in [1.807, 2.05) is 0 Å². The fourth-order valence-electron chi connectivity index (χ4n) is 3.66. The smallest absolute Gasteiger partial charge is 0.348 e. The molecule has 0 amide bonds. The molecule has 4 rings (SSSR count). The van der Waals surface area contributed by atoms with Crippen molar-refractivity contribution >= 4 is 39.3 Å². The third-order valence-corrected chi connectivity index (χ3v) is 7.46. The number of ether oxygens (including phenoxy) is 2. The highest BCUT2D eigenvalue weighted by Crippen LogP contribution is 2.32. The van der Waals surface area contributed by atoms with Gasteiger partial charge in [0.1, 0.15) is 21.3 Å². The third-order valence-electron chi connectivity index (χ3n) is 5.29.